The monoisotopic (exact) mass is 429 g/mol. The average molecular weight is 430 g/mol. The van der Waals surface area contributed by atoms with Crippen molar-refractivity contribution in [3.63, 3.8) is 0 Å². The molecule has 0 amide bonds. The summed E-state index contributed by atoms with van der Waals surface area (Å²) >= 11 is 4.67. The van der Waals surface area contributed by atoms with Crippen molar-refractivity contribution < 1.29 is 23.6 Å². The Labute approximate surface area is 170 Å². The van der Waals surface area contributed by atoms with E-state index in [1.54, 1.807) is 0 Å². The van der Waals surface area contributed by atoms with E-state index >= 15 is 4.39 Å². The molecule has 0 saturated heterocycles. The maximum atomic E-state index is 15.1. The summed E-state index contributed by atoms with van der Waals surface area (Å²) in [6, 6.07) is 2.45. The van der Waals surface area contributed by atoms with Gasteiger partial charge in [0.1, 0.15) is 4.75 Å². The Morgan fingerprint density at radius 2 is 2.07 bits per heavy atom. The lowest BCUT2D eigenvalue weighted by molar-refractivity contribution is 0.0690. The molecular weight excluding hydrogens is 409 g/mol. The van der Waals surface area contributed by atoms with Crippen LogP contribution in [0.1, 0.15) is 56.2 Å². The van der Waals surface area contributed by atoms with Crippen LogP contribution in [0.15, 0.2) is 24.5 Å². The van der Waals surface area contributed by atoms with Gasteiger partial charge in [0.15, 0.2) is 17.3 Å². The largest absolute Gasteiger partial charge is 0.598 e. The number of nitrogens with one attached hydrogen (secondary N) is 1. The number of carbonyl (C=O) groups is 1. The minimum atomic E-state index is -1.40. The highest BCUT2D eigenvalue weighted by molar-refractivity contribution is 7.90. The quantitative estimate of drug-likeness (QED) is 0.633. The number of halogens is 2. The number of aromatic nitrogens is 2. The summed E-state index contributed by atoms with van der Waals surface area (Å²) < 4.78 is 35.3. The second kappa shape index (κ2) is 9.04. The van der Waals surface area contributed by atoms with E-state index in [-0.39, 0.29) is 27.9 Å². The summed E-state index contributed by atoms with van der Waals surface area (Å²) in [5.74, 6) is -2.34. The SMILES string of the molecule is CC[C@@H](N[S+]([O-])C(C)(C)C)c1ccc(Cl)c(Oc2cnc(C(=O)O)cn2)c1F. The zero-order valence-corrected chi connectivity index (χ0v) is 17.4. The van der Waals surface area contributed by atoms with Crippen molar-refractivity contribution in [3.05, 3.63) is 46.6 Å². The van der Waals surface area contributed by atoms with Gasteiger partial charge < -0.3 is 14.4 Å². The minimum Gasteiger partial charge on any atom is -0.598 e. The summed E-state index contributed by atoms with van der Waals surface area (Å²) in [6.07, 6.45) is 2.54. The summed E-state index contributed by atoms with van der Waals surface area (Å²) in [5.41, 5.74) is -0.0257. The molecule has 0 aliphatic carbocycles. The second-order valence-corrected chi connectivity index (χ2v) is 9.29. The Kier molecular flexibility index (Phi) is 7.22. The van der Waals surface area contributed by atoms with Crippen LogP contribution in [-0.2, 0) is 11.4 Å². The van der Waals surface area contributed by atoms with Crippen LogP contribution in [0.3, 0.4) is 0 Å². The lowest BCUT2D eigenvalue weighted by Gasteiger charge is -2.28. The molecule has 0 bridgehead atoms. The molecule has 0 fully saturated rings. The molecule has 1 heterocycles. The predicted molar refractivity (Wildman–Crippen MR) is 105 cm³/mol. The fourth-order valence-corrected chi connectivity index (χ4v) is 3.26. The molecule has 0 aliphatic rings. The van der Waals surface area contributed by atoms with Crippen molar-refractivity contribution in [3.8, 4) is 11.6 Å². The van der Waals surface area contributed by atoms with Crippen LogP contribution in [0.2, 0.25) is 5.02 Å². The van der Waals surface area contributed by atoms with Gasteiger partial charge in [-0.3, -0.25) is 0 Å². The number of ether oxygens (including phenoxy) is 1. The zero-order valence-electron chi connectivity index (χ0n) is 15.8. The van der Waals surface area contributed by atoms with E-state index in [0.717, 1.165) is 12.4 Å². The molecule has 0 aliphatic heterocycles. The van der Waals surface area contributed by atoms with Crippen molar-refractivity contribution in [2.45, 2.75) is 44.9 Å². The molecule has 0 radical (unpaired) electrons. The zero-order chi connectivity index (χ0) is 21.1. The third-order valence-electron chi connectivity index (χ3n) is 3.72. The molecule has 0 spiro atoms. The van der Waals surface area contributed by atoms with Crippen LogP contribution < -0.4 is 9.46 Å². The van der Waals surface area contributed by atoms with E-state index in [1.165, 1.54) is 12.1 Å². The second-order valence-electron chi connectivity index (χ2n) is 6.89. The standard InChI is InChI=1S/C18H21ClFN3O4S/c1-5-12(23-28(26)18(2,3)4)10-6-7-11(19)16(15(10)20)27-14-9-21-13(8-22-14)17(24)25/h6-9,12,23H,5H2,1-4H3,(H,24,25)/t12-,28?/m1/s1. The van der Waals surface area contributed by atoms with E-state index in [9.17, 15) is 9.35 Å². The van der Waals surface area contributed by atoms with Gasteiger partial charge in [-0.1, -0.05) is 24.6 Å². The van der Waals surface area contributed by atoms with Crippen molar-refractivity contribution in [2.75, 3.05) is 0 Å². The molecule has 28 heavy (non-hydrogen) atoms. The maximum absolute atomic E-state index is 15.1. The van der Waals surface area contributed by atoms with E-state index < -0.39 is 33.9 Å². The molecule has 10 heteroatoms. The highest BCUT2D eigenvalue weighted by Crippen LogP contribution is 2.36. The molecule has 7 nitrogen and oxygen atoms in total. The number of hydrogen-bond donors (Lipinski definition) is 2. The van der Waals surface area contributed by atoms with Crippen molar-refractivity contribution in [2.24, 2.45) is 0 Å². The lowest BCUT2D eigenvalue weighted by Crippen LogP contribution is -2.41. The number of nitrogens with zero attached hydrogens (tertiary/aromatic N) is 2. The van der Waals surface area contributed by atoms with E-state index in [1.807, 2.05) is 27.7 Å². The third-order valence-corrected chi connectivity index (χ3v) is 5.63. The minimum absolute atomic E-state index is 0.0113. The molecule has 0 saturated carbocycles. The first-order valence-electron chi connectivity index (χ1n) is 8.43. The Morgan fingerprint density at radius 3 is 2.57 bits per heavy atom. The van der Waals surface area contributed by atoms with Gasteiger partial charge >= 0.3 is 5.97 Å². The van der Waals surface area contributed by atoms with Crippen LogP contribution in [0.25, 0.3) is 0 Å². The topological polar surface area (TPSA) is 107 Å². The predicted octanol–water partition coefficient (Wildman–Crippen LogP) is 4.26. The number of carboxylic acid groups (broad SMARTS) is 1. The summed E-state index contributed by atoms with van der Waals surface area (Å²) in [4.78, 5) is 18.3. The van der Waals surface area contributed by atoms with Crippen LogP contribution in [0.5, 0.6) is 11.6 Å². The van der Waals surface area contributed by atoms with E-state index in [2.05, 4.69) is 14.7 Å². The molecule has 152 valence electrons. The van der Waals surface area contributed by atoms with Crippen LogP contribution in [0.4, 0.5) is 4.39 Å². The Hall–Kier alpha value is -1.94. The Bertz CT molecular complexity index is 846. The van der Waals surface area contributed by atoms with Gasteiger partial charge in [-0.25, -0.2) is 19.2 Å². The molecular formula is C18H21ClFN3O4S. The first-order valence-corrected chi connectivity index (χ1v) is 9.96. The smallest absolute Gasteiger partial charge is 0.356 e. The molecule has 2 atom stereocenters. The average Bonchev–Trinajstić information content (AvgIpc) is 2.63. The number of carboxylic acids is 1. The van der Waals surface area contributed by atoms with Crippen LogP contribution >= 0.6 is 11.6 Å². The molecule has 1 unspecified atom stereocenters. The molecule has 1 aromatic carbocycles. The first-order chi connectivity index (χ1) is 13.0. The van der Waals surface area contributed by atoms with Crippen molar-refractivity contribution >= 4 is 28.9 Å². The van der Waals surface area contributed by atoms with Gasteiger partial charge in [0.2, 0.25) is 5.88 Å². The molecule has 2 N–H and O–H groups in total. The third kappa shape index (κ3) is 5.32. The van der Waals surface area contributed by atoms with Gasteiger partial charge in [-0.05, 0) is 33.3 Å². The summed E-state index contributed by atoms with van der Waals surface area (Å²) in [7, 11) is 0. The van der Waals surface area contributed by atoms with Crippen molar-refractivity contribution in [1.82, 2.24) is 14.7 Å². The number of hydrogen-bond acceptors (Lipinski definition) is 6. The normalized spacial score (nSPS) is 13.8. The van der Waals surface area contributed by atoms with Gasteiger partial charge in [0, 0.05) is 16.9 Å². The summed E-state index contributed by atoms with van der Waals surface area (Å²) in [6.45, 7) is 7.28. The molecule has 2 rings (SSSR count). The lowest BCUT2D eigenvalue weighted by atomic mass is 10.0. The highest BCUT2D eigenvalue weighted by atomic mass is 35.5. The Balaban J connectivity index is 2.32. The number of aromatic carboxylic acids is 1. The molecule has 1 aromatic heterocycles. The Morgan fingerprint density at radius 1 is 1.39 bits per heavy atom. The summed E-state index contributed by atoms with van der Waals surface area (Å²) in [5, 5.41) is 8.86. The maximum Gasteiger partial charge on any atom is 0.356 e. The van der Waals surface area contributed by atoms with Gasteiger partial charge in [0.25, 0.3) is 0 Å². The van der Waals surface area contributed by atoms with Gasteiger partial charge in [-0.2, -0.15) is 0 Å². The van der Waals surface area contributed by atoms with Crippen molar-refractivity contribution in [1.29, 1.82) is 0 Å². The number of rotatable bonds is 7. The van der Waals surface area contributed by atoms with Gasteiger partial charge in [0.05, 0.1) is 23.5 Å². The van der Waals surface area contributed by atoms with Gasteiger partial charge in [-0.15, -0.1) is 4.72 Å². The number of benzene rings is 1. The fourth-order valence-electron chi connectivity index (χ4n) is 2.17. The van der Waals surface area contributed by atoms with E-state index in [4.69, 9.17) is 21.4 Å². The highest BCUT2D eigenvalue weighted by Gasteiger charge is 2.31. The van der Waals surface area contributed by atoms with Crippen LogP contribution in [-0.4, -0.2) is 30.3 Å². The molecule has 2 aromatic rings. The van der Waals surface area contributed by atoms with Crippen LogP contribution in [0, 0.1) is 5.82 Å². The van der Waals surface area contributed by atoms with E-state index in [0.29, 0.717) is 6.42 Å². The first kappa shape index (κ1) is 22.4. The fraction of sp³-hybridized carbons (Fsp3) is 0.389.